The van der Waals surface area contributed by atoms with E-state index in [9.17, 15) is 30.8 Å². The zero-order valence-corrected chi connectivity index (χ0v) is 25.6. The first-order valence-electron chi connectivity index (χ1n) is 13.5. The molecule has 234 valence electrons. The van der Waals surface area contributed by atoms with Crippen molar-refractivity contribution < 1.29 is 35.5 Å². The minimum atomic E-state index is -4.32. The Morgan fingerprint density at radius 2 is 1.81 bits per heavy atom. The number of halogens is 4. The van der Waals surface area contributed by atoms with Crippen LogP contribution in [0.2, 0.25) is 0 Å². The van der Waals surface area contributed by atoms with Gasteiger partial charge in [-0.15, -0.1) is 5.10 Å². The van der Waals surface area contributed by atoms with Gasteiger partial charge < -0.3 is 9.64 Å². The second kappa shape index (κ2) is 11.6. The number of alkyl halides is 3. The summed E-state index contributed by atoms with van der Waals surface area (Å²) < 4.78 is 88.6. The molecule has 0 spiro atoms. The number of rotatable bonds is 9. The van der Waals surface area contributed by atoms with Crippen LogP contribution in [0.25, 0.3) is 5.82 Å². The van der Waals surface area contributed by atoms with Gasteiger partial charge >= 0.3 is 6.18 Å². The molecule has 2 aromatic heterocycles. The Morgan fingerprint density at radius 3 is 2.40 bits per heavy atom. The van der Waals surface area contributed by atoms with Crippen LogP contribution in [-0.2, 0) is 10.0 Å². The predicted molar refractivity (Wildman–Crippen MR) is 156 cm³/mol. The van der Waals surface area contributed by atoms with Gasteiger partial charge in [-0.2, -0.15) is 35.7 Å². The molecular weight excluding hydrogens is 610 g/mol. The first kappa shape index (κ1) is 32.6. The summed E-state index contributed by atoms with van der Waals surface area (Å²) >= 11 is 0. The van der Waals surface area contributed by atoms with Crippen molar-refractivity contribution in [3.8, 4) is 11.7 Å². The Balaban J connectivity index is 0.00000423. The molecule has 0 bridgehead atoms. The van der Waals surface area contributed by atoms with Gasteiger partial charge in [0.05, 0.1) is 28.5 Å². The number of aromatic nitrogens is 3. The summed E-state index contributed by atoms with van der Waals surface area (Å²) in [5.41, 5.74) is -2.26. The maximum absolute atomic E-state index is 15.0. The number of amides is 1. The molecule has 15 heteroatoms. The molecular formula is C28H33F4N5O4S2. The van der Waals surface area contributed by atoms with E-state index in [4.69, 9.17) is 4.74 Å². The van der Waals surface area contributed by atoms with Gasteiger partial charge in [0.1, 0.15) is 5.82 Å². The van der Waals surface area contributed by atoms with Crippen molar-refractivity contribution in [2.75, 3.05) is 18.1 Å². The van der Waals surface area contributed by atoms with E-state index >= 15 is 0 Å². The van der Waals surface area contributed by atoms with E-state index in [1.165, 1.54) is 36.4 Å². The summed E-state index contributed by atoms with van der Waals surface area (Å²) in [5.74, 6) is -1.66. The van der Waals surface area contributed by atoms with Crippen LogP contribution < -0.4 is 14.4 Å². The van der Waals surface area contributed by atoms with Crippen LogP contribution in [0.15, 0.2) is 53.4 Å². The zero-order chi connectivity index (χ0) is 30.5. The van der Waals surface area contributed by atoms with Gasteiger partial charge in [0.2, 0.25) is 11.8 Å². The van der Waals surface area contributed by atoms with Crippen molar-refractivity contribution in [3.63, 3.8) is 0 Å². The Morgan fingerprint density at radius 1 is 1.14 bits per heavy atom. The topological polar surface area (TPSA) is 106 Å². The number of sulfonamides is 1. The molecule has 1 saturated heterocycles. The molecule has 1 aliphatic heterocycles. The van der Waals surface area contributed by atoms with Gasteiger partial charge in [0, 0.05) is 12.1 Å². The van der Waals surface area contributed by atoms with Crippen LogP contribution in [0.1, 0.15) is 56.8 Å². The predicted octanol–water partition coefficient (Wildman–Crippen LogP) is 5.37. The highest BCUT2D eigenvalue weighted by atomic mass is 32.2. The van der Waals surface area contributed by atoms with Crippen LogP contribution in [0.4, 0.5) is 23.4 Å². The molecule has 43 heavy (non-hydrogen) atoms. The second-order valence-electron chi connectivity index (χ2n) is 11.6. The number of hydrogen-bond acceptors (Lipinski definition) is 7. The smallest absolute Gasteiger partial charge is 0.394 e. The van der Waals surface area contributed by atoms with E-state index < -0.39 is 39.0 Å². The quantitative estimate of drug-likeness (QED) is 0.313. The lowest BCUT2D eigenvalue weighted by molar-refractivity contribution is -0.190. The molecule has 0 radical (unpaired) electrons. The van der Waals surface area contributed by atoms with Gasteiger partial charge in [-0.25, -0.2) is 18.1 Å². The fourth-order valence-corrected chi connectivity index (χ4v) is 6.47. The number of anilines is 1. The highest BCUT2D eigenvalue weighted by molar-refractivity contribution is 7.90. The molecule has 1 amide bonds. The van der Waals surface area contributed by atoms with Gasteiger partial charge in [-0.05, 0) is 69.7 Å². The first-order chi connectivity index (χ1) is 19.6. The fourth-order valence-electron chi connectivity index (χ4n) is 5.48. The molecule has 3 heterocycles. The number of carbonyl (C=O) groups excluding carboxylic acids is 1. The van der Waals surface area contributed by atoms with E-state index in [1.807, 2.05) is 25.7 Å². The lowest BCUT2D eigenvalue weighted by Gasteiger charge is -2.34. The highest BCUT2D eigenvalue weighted by Gasteiger charge is 2.62. The summed E-state index contributed by atoms with van der Waals surface area (Å²) in [6.07, 6.45) is -3.75. The summed E-state index contributed by atoms with van der Waals surface area (Å²) in [6, 6.07) is 11.0. The van der Waals surface area contributed by atoms with E-state index in [2.05, 4.69) is 14.8 Å². The van der Waals surface area contributed by atoms with Crippen molar-refractivity contribution >= 4 is 35.2 Å². The van der Waals surface area contributed by atoms with Crippen LogP contribution >= 0.6 is 13.5 Å². The Kier molecular flexibility index (Phi) is 8.82. The number of ether oxygens (including phenoxy) is 1. The number of nitrogens with one attached hydrogen (secondary N) is 1. The minimum absolute atomic E-state index is 0. The molecule has 1 aromatic carbocycles. The number of hydrogen-bond donors (Lipinski definition) is 1. The lowest BCUT2D eigenvalue weighted by Crippen LogP contribution is -2.41. The highest BCUT2D eigenvalue weighted by Crippen LogP contribution is 2.59. The van der Waals surface area contributed by atoms with Crippen molar-refractivity contribution in [1.82, 2.24) is 19.5 Å². The van der Waals surface area contributed by atoms with Gasteiger partial charge in [-0.3, -0.25) is 4.79 Å². The fraction of sp³-hybridized carbons (Fsp3) is 0.464. The molecule has 1 atom stereocenters. The molecule has 1 N–H and O–H groups in total. The minimum Gasteiger partial charge on any atom is -0.476 e. The normalized spacial score (nSPS) is 19.0. The average Bonchev–Trinajstić information content (AvgIpc) is 3.54. The SMILES string of the molecule is C[C@@H]1CN(c2nc(-n3nc(OCCC4(C(F)(F)F)CC4)cc3F)ccc2C(=O)NS(=O)(=O)c2ccccc2)C(C)(C)C1.S. The van der Waals surface area contributed by atoms with E-state index in [-0.39, 0.29) is 73.3 Å². The van der Waals surface area contributed by atoms with Crippen molar-refractivity contribution in [3.05, 3.63) is 60.0 Å². The van der Waals surface area contributed by atoms with Crippen molar-refractivity contribution in [2.45, 2.75) is 63.1 Å². The number of carbonyl (C=O) groups is 1. The summed E-state index contributed by atoms with van der Waals surface area (Å²) in [5, 5.41) is 4.04. The van der Waals surface area contributed by atoms with Crippen LogP contribution in [0.3, 0.4) is 0 Å². The van der Waals surface area contributed by atoms with Crippen LogP contribution in [-0.4, -0.2) is 54.0 Å². The lowest BCUT2D eigenvalue weighted by atomic mass is 9.97. The first-order valence-corrected chi connectivity index (χ1v) is 15.0. The number of pyridine rings is 1. The maximum Gasteiger partial charge on any atom is 0.394 e. The maximum atomic E-state index is 15.0. The monoisotopic (exact) mass is 643 g/mol. The van der Waals surface area contributed by atoms with E-state index in [1.54, 1.807) is 6.07 Å². The van der Waals surface area contributed by atoms with Gasteiger partial charge in [0.25, 0.3) is 15.9 Å². The standard InChI is InChI=1S/C28H31F4N5O4S.H2S/c1-18-16-26(2,3)36(17-18)24-20(25(38)35-42(39,40)19-7-5-4-6-8-19)9-10-22(33-24)37-21(29)15-23(34-37)41-14-13-27(11-12-27)28(30,31)32;/h4-10,15,18H,11-14,16-17H2,1-3H3,(H,35,38);1H2/t18-;/m0./s1. The van der Waals surface area contributed by atoms with Gasteiger partial charge in [0.15, 0.2) is 5.82 Å². The van der Waals surface area contributed by atoms with E-state index in [0.29, 0.717) is 6.54 Å². The Bertz CT molecular complexity index is 1590. The average molecular weight is 644 g/mol. The third kappa shape index (κ3) is 6.61. The molecule has 1 aliphatic carbocycles. The third-order valence-electron chi connectivity index (χ3n) is 7.86. The summed E-state index contributed by atoms with van der Waals surface area (Å²) in [7, 11) is -4.19. The zero-order valence-electron chi connectivity index (χ0n) is 23.8. The van der Waals surface area contributed by atoms with Crippen LogP contribution in [0.5, 0.6) is 5.88 Å². The molecule has 9 nitrogen and oxygen atoms in total. The molecule has 2 fully saturated rings. The molecule has 2 aliphatic rings. The molecule has 1 saturated carbocycles. The van der Waals surface area contributed by atoms with Gasteiger partial charge in [-0.1, -0.05) is 25.1 Å². The summed E-state index contributed by atoms with van der Waals surface area (Å²) in [4.78, 5) is 19.7. The van der Waals surface area contributed by atoms with E-state index in [0.717, 1.165) is 17.2 Å². The number of benzene rings is 1. The number of nitrogens with zero attached hydrogens (tertiary/aromatic N) is 4. The molecule has 5 rings (SSSR count). The Hall–Kier alpha value is -3.33. The van der Waals surface area contributed by atoms with Crippen molar-refractivity contribution in [2.24, 2.45) is 11.3 Å². The third-order valence-corrected chi connectivity index (χ3v) is 9.21. The largest absolute Gasteiger partial charge is 0.476 e. The van der Waals surface area contributed by atoms with Crippen LogP contribution in [0, 0.1) is 17.3 Å². The molecule has 3 aromatic rings. The summed E-state index contributed by atoms with van der Waals surface area (Å²) in [6.45, 7) is 6.17. The van der Waals surface area contributed by atoms with Crippen molar-refractivity contribution in [1.29, 1.82) is 0 Å². The Labute approximate surface area is 254 Å². The molecule has 0 unspecified atom stereocenters. The second-order valence-corrected chi connectivity index (χ2v) is 13.3.